The second kappa shape index (κ2) is 11.1. The molecule has 1 spiro atoms. The third-order valence-electron chi connectivity index (χ3n) is 8.43. The lowest BCUT2D eigenvalue weighted by Gasteiger charge is -2.37. The van der Waals surface area contributed by atoms with Crippen molar-refractivity contribution in [3.63, 3.8) is 0 Å². The molecule has 1 fully saturated rings. The molecule has 0 saturated carbocycles. The number of hydrogen-bond acceptors (Lipinski definition) is 5. The molecule has 2 unspecified atom stereocenters. The summed E-state index contributed by atoms with van der Waals surface area (Å²) >= 11 is 0. The number of hydrogen-bond donors (Lipinski definition) is 4. The van der Waals surface area contributed by atoms with Crippen LogP contribution >= 0.6 is 0 Å². The van der Waals surface area contributed by atoms with Crippen molar-refractivity contribution in [2.45, 2.75) is 71.4 Å². The highest BCUT2D eigenvalue weighted by Gasteiger charge is 2.66. The van der Waals surface area contributed by atoms with Gasteiger partial charge in [-0.1, -0.05) is 51.1 Å². The van der Waals surface area contributed by atoms with Crippen LogP contribution in [-0.4, -0.2) is 36.9 Å². The third kappa shape index (κ3) is 5.38. The molecule has 3 amide bonds. The Kier molecular flexibility index (Phi) is 7.81. The molecule has 4 N–H and O–H groups in total. The maximum Gasteiger partial charge on any atom is 0.242 e. The van der Waals surface area contributed by atoms with Gasteiger partial charge in [0, 0.05) is 36.3 Å². The first-order valence-electron chi connectivity index (χ1n) is 14.5. The van der Waals surface area contributed by atoms with Gasteiger partial charge in [-0.3, -0.25) is 14.4 Å². The van der Waals surface area contributed by atoms with Crippen molar-refractivity contribution in [2.24, 2.45) is 5.41 Å². The van der Waals surface area contributed by atoms with Gasteiger partial charge in [0.1, 0.15) is 17.0 Å². The second-order valence-electron chi connectivity index (χ2n) is 12.9. The normalized spacial score (nSPS) is 22.7. The van der Waals surface area contributed by atoms with E-state index in [1.165, 1.54) is 14.0 Å². The number of carbonyl (C=O) groups excluding carboxylic acids is 3. The van der Waals surface area contributed by atoms with Crippen LogP contribution in [0.2, 0.25) is 0 Å². The molecule has 3 aromatic rings. The minimum Gasteiger partial charge on any atom is -0.494 e. The fourth-order valence-corrected chi connectivity index (χ4v) is 6.73. The zero-order valence-electron chi connectivity index (χ0n) is 25.6. The van der Waals surface area contributed by atoms with Crippen LogP contribution in [0.25, 0.3) is 0 Å². The summed E-state index contributed by atoms with van der Waals surface area (Å²) in [6.07, 6.45) is 0.552. The molecule has 5 rings (SSSR count). The number of aryl methyl sites for hydroxylation is 2. The number of halogens is 1. The van der Waals surface area contributed by atoms with E-state index in [1.807, 2.05) is 25.1 Å². The monoisotopic (exact) mass is 586 g/mol. The molecule has 8 nitrogen and oxygen atoms in total. The van der Waals surface area contributed by atoms with E-state index in [0.717, 1.165) is 11.1 Å². The molecular formula is C34H39FN4O4. The summed E-state index contributed by atoms with van der Waals surface area (Å²) < 4.78 is 21.6. The lowest BCUT2D eigenvalue weighted by atomic mass is 9.62. The number of methoxy groups -OCH3 is 1. The van der Waals surface area contributed by atoms with Crippen molar-refractivity contribution < 1.29 is 23.5 Å². The molecule has 43 heavy (non-hydrogen) atoms. The van der Waals surface area contributed by atoms with Crippen molar-refractivity contribution in [3.8, 4) is 5.75 Å². The van der Waals surface area contributed by atoms with Crippen molar-refractivity contribution in [1.29, 1.82) is 0 Å². The second-order valence-corrected chi connectivity index (χ2v) is 12.9. The first-order valence-corrected chi connectivity index (χ1v) is 14.5. The minimum absolute atomic E-state index is 0.220. The van der Waals surface area contributed by atoms with Crippen molar-refractivity contribution in [3.05, 3.63) is 82.7 Å². The van der Waals surface area contributed by atoms with Crippen LogP contribution in [0.5, 0.6) is 5.75 Å². The van der Waals surface area contributed by atoms with Crippen LogP contribution in [0.4, 0.5) is 21.5 Å². The smallest absolute Gasteiger partial charge is 0.242 e. The zero-order valence-corrected chi connectivity index (χ0v) is 25.6. The number of amides is 3. The Hall–Kier alpha value is -4.24. The Bertz CT molecular complexity index is 1610. The van der Waals surface area contributed by atoms with E-state index in [9.17, 15) is 14.4 Å². The van der Waals surface area contributed by atoms with Gasteiger partial charge < -0.3 is 26.0 Å². The molecule has 0 aromatic heterocycles. The third-order valence-corrected chi connectivity index (χ3v) is 8.43. The number of ether oxygens (including phenoxy) is 1. The van der Waals surface area contributed by atoms with Gasteiger partial charge in [-0.05, 0) is 66.1 Å². The van der Waals surface area contributed by atoms with E-state index in [2.05, 4.69) is 42.0 Å². The summed E-state index contributed by atoms with van der Waals surface area (Å²) in [6, 6.07) is 14.4. The molecule has 2 aliphatic rings. The van der Waals surface area contributed by atoms with Gasteiger partial charge in [-0.25, -0.2) is 4.39 Å². The Labute approximate surface area is 251 Å². The van der Waals surface area contributed by atoms with Crippen molar-refractivity contribution in [2.75, 3.05) is 23.1 Å². The number of carbonyl (C=O) groups is 3. The topological polar surface area (TPSA) is 109 Å². The fourth-order valence-electron chi connectivity index (χ4n) is 6.73. The largest absolute Gasteiger partial charge is 0.494 e. The summed E-state index contributed by atoms with van der Waals surface area (Å²) in [6.45, 7) is 11.3. The van der Waals surface area contributed by atoms with Crippen LogP contribution in [0.15, 0.2) is 54.6 Å². The summed E-state index contributed by atoms with van der Waals surface area (Å²) in [5.74, 6) is -1.88. The van der Waals surface area contributed by atoms with Crippen molar-refractivity contribution >= 4 is 34.8 Å². The van der Waals surface area contributed by atoms with Gasteiger partial charge >= 0.3 is 0 Å². The highest BCUT2D eigenvalue weighted by molar-refractivity contribution is 6.10. The van der Waals surface area contributed by atoms with Gasteiger partial charge in [0.05, 0.1) is 18.8 Å². The van der Waals surface area contributed by atoms with Crippen molar-refractivity contribution in [1.82, 2.24) is 5.32 Å². The lowest BCUT2D eigenvalue weighted by Crippen LogP contribution is -2.49. The number of anilines is 3. The van der Waals surface area contributed by atoms with Crippen LogP contribution in [-0.2, 0) is 19.8 Å². The quantitative estimate of drug-likeness (QED) is 0.292. The van der Waals surface area contributed by atoms with Crippen LogP contribution in [0.1, 0.15) is 62.3 Å². The van der Waals surface area contributed by atoms with E-state index in [4.69, 9.17) is 4.74 Å². The van der Waals surface area contributed by atoms with E-state index < -0.39 is 35.1 Å². The summed E-state index contributed by atoms with van der Waals surface area (Å²) in [5.41, 5.74) is 2.57. The molecule has 2 aliphatic heterocycles. The Balaban J connectivity index is 1.67. The maximum absolute atomic E-state index is 16.1. The molecule has 9 heteroatoms. The predicted octanol–water partition coefficient (Wildman–Crippen LogP) is 5.80. The Morgan fingerprint density at radius 3 is 2.47 bits per heavy atom. The molecular weight excluding hydrogens is 547 g/mol. The van der Waals surface area contributed by atoms with E-state index in [-0.39, 0.29) is 17.2 Å². The fraction of sp³-hybridized carbons (Fsp3) is 0.382. The molecule has 0 radical (unpaired) electrons. The standard InChI is InChI=1S/C34H39FN4O4/c1-18-11-13-23-25(15-18)38-32(42)34(23)27(17-33(4,5)6)39-30(28(34)22-10-8-9-19(2)29(22)35)31(41)37-24-14-12-21(36-20(3)40)16-26(24)43-7/h8-16,27-28,30,39H,17H2,1-7H3,(H,36,40)(H,37,41)(H,38,42)/t27?,28?,30-,34-/m1/s1. The maximum atomic E-state index is 16.1. The first-order chi connectivity index (χ1) is 20.3. The van der Waals surface area contributed by atoms with Gasteiger partial charge in [0.25, 0.3) is 0 Å². The van der Waals surface area contributed by atoms with Gasteiger partial charge in [0.15, 0.2) is 0 Å². The van der Waals surface area contributed by atoms with E-state index in [1.54, 1.807) is 43.3 Å². The average molecular weight is 587 g/mol. The van der Waals surface area contributed by atoms with Gasteiger partial charge in [-0.2, -0.15) is 0 Å². The number of fused-ring (bicyclic) bond motifs is 2. The minimum atomic E-state index is -1.26. The Morgan fingerprint density at radius 2 is 1.79 bits per heavy atom. The average Bonchev–Trinajstić information content (AvgIpc) is 3.39. The molecule has 226 valence electrons. The zero-order chi connectivity index (χ0) is 31.3. The molecule has 2 heterocycles. The number of nitrogens with one attached hydrogen (secondary N) is 4. The molecule has 0 aliphatic carbocycles. The predicted molar refractivity (Wildman–Crippen MR) is 166 cm³/mol. The number of benzene rings is 3. The SMILES string of the molecule is COc1cc(NC(C)=O)ccc1NC(=O)[C@@H]1NC(CC(C)(C)C)[C@@]2(C(=O)Nc3cc(C)ccc32)C1c1cccc(C)c1F. The number of rotatable bonds is 6. The van der Waals surface area contributed by atoms with Crippen LogP contribution in [0, 0.1) is 25.1 Å². The summed E-state index contributed by atoms with van der Waals surface area (Å²) in [7, 11) is 1.47. The highest BCUT2D eigenvalue weighted by Crippen LogP contribution is 2.57. The Morgan fingerprint density at radius 1 is 1.05 bits per heavy atom. The van der Waals surface area contributed by atoms with E-state index >= 15 is 4.39 Å². The first kappa shape index (κ1) is 30.2. The van der Waals surface area contributed by atoms with E-state index in [0.29, 0.717) is 40.4 Å². The molecule has 4 atom stereocenters. The van der Waals surface area contributed by atoms with Crippen LogP contribution < -0.4 is 26.0 Å². The van der Waals surface area contributed by atoms with Gasteiger partial charge in [0.2, 0.25) is 17.7 Å². The summed E-state index contributed by atoms with van der Waals surface area (Å²) in [5, 5.41) is 12.3. The lowest BCUT2D eigenvalue weighted by molar-refractivity contribution is -0.122. The molecule has 1 saturated heterocycles. The van der Waals surface area contributed by atoms with Crippen LogP contribution in [0.3, 0.4) is 0 Å². The molecule has 0 bridgehead atoms. The van der Waals surface area contributed by atoms with Gasteiger partial charge in [-0.15, -0.1) is 0 Å². The summed E-state index contributed by atoms with van der Waals surface area (Å²) in [4.78, 5) is 40.2. The molecule has 3 aromatic carbocycles. The highest BCUT2D eigenvalue weighted by atomic mass is 19.1.